The van der Waals surface area contributed by atoms with Gasteiger partial charge in [0.15, 0.2) is 6.10 Å². The summed E-state index contributed by atoms with van der Waals surface area (Å²) >= 11 is 0. The number of hydrogen-bond donors (Lipinski definition) is 1. The zero-order valence-electron chi connectivity index (χ0n) is 46.3. The molecule has 0 fully saturated rings. The summed E-state index contributed by atoms with van der Waals surface area (Å²) in [6.45, 7) is 4.43. The van der Waals surface area contributed by atoms with E-state index in [2.05, 4.69) is 38.2 Å². The molecular formula is C59H115NO8P+. The van der Waals surface area contributed by atoms with Gasteiger partial charge in [0.05, 0.1) is 27.7 Å². The van der Waals surface area contributed by atoms with Crippen LogP contribution in [0.1, 0.15) is 290 Å². The van der Waals surface area contributed by atoms with Crippen molar-refractivity contribution >= 4 is 19.8 Å². The minimum atomic E-state index is -4.38. The number of ether oxygens (including phenoxy) is 2. The average Bonchev–Trinajstić information content (AvgIpc) is 3.31. The van der Waals surface area contributed by atoms with Gasteiger partial charge < -0.3 is 18.9 Å². The number of phosphoric acid groups is 1. The Morgan fingerprint density at radius 3 is 1.17 bits per heavy atom. The van der Waals surface area contributed by atoms with Crippen LogP contribution < -0.4 is 0 Å². The van der Waals surface area contributed by atoms with Gasteiger partial charge in [-0.05, 0) is 44.9 Å². The highest BCUT2D eigenvalue weighted by Gasteiger charge is 2.27. The standard InChI is InChI=1S/C59H114NO8P/c1-6-8-10-12-14-16-18-20-22-23-24-25-26-27-28-29-30-31-32-33-34-35-36-38-39-41-43-45-47-49-51-58(61)65-55-57(56-67-69(63,64)66-54-53-60(3,4)5)68-59(62)52-50-48-46-44-42-40-37-21-19-17-15-13-11-9-7-2/h15,17,21,37,57H,6-14,16,18-20,22-36,38-56H2,1-5H3/p+1/b17-15-,37-21-. The van der Waals surface area contributed by atoms with Gasteiger partial charge in [-0.1, -0.05) is 256 Å². The van der Waals surface area contributed by atoms with Gasteiger partial charge >= 0.3 is 19.8 Å². The monoisotopic (exact) mass is 997 g/mol. The highest BCUT2D eigenvalue weighted by Crippen LogP contribution is 2.43. The fourth-order valence-electron chi connectivity index (χ4n) is 8.64. The second kappa shape index (κ2) is 51.4. The van der Waals surface area contributed by atoms with E-state index in [1.54, 1.807) is 0 Å². The van der Waals surface area contributed by atoms with E-state index in [1.807, 2.05) is 21.1 Å². The maximum absolute atomic E-state index is 12.8. The third kappa shape index (κ3) is 55.7. The SMILES string of the molecule is CCCCC/C=C\C/C=C\CCCCCCCC(=O)OC(COC(=O)CCCCCCCCCCCCCCCCCCCCCCCCCCCCCCCC)COP(=O)(O)OCC[N+](C)(C)C. The zero-order chi connectivity index (χ0) is 50.6. The van der Waals surface area contributed by atoms with Crippen LogP contribution in [0.3, 0.4) is 0 Å². The van der Waals surface area contributed by atoms with Crippen LogP contribution in [0.2, 0.25) is 0 Å². The van der Waals surface area contributed by atoms with Gasteiger partial charge in [0.2, 0.25) is 0 Å². The van der Waals surface area contributed by atoms with Crippen molar-refractivity contribution in [2.24, 2.45) is 0 Å². The van der Waals surface area contributed by atoms with Crippen LogP contribution in [0, 0.1) is 0 Å². The van der Waals surface area contributed by atoms with Crippen molar-refractivity contribution < 1.29 is 42.1 Å². The molecule has 0 amide bonds. The van der Waals surface area contributed by atoms with E-state index < -0.39 is 26.5 Å². The van der Waals surface area contributed by atoms with Crippen molar-refractivity contribution in [3.63, 3.8) is 0 Å². The maximum Gasteiger partial charge on any atom is 0.472 e. The molecule has 408 valence electrons. The zero-order valence-corrected chi connectivity index (χ0v) is 47.2. The normalized spacial score (nSPS) is 13.4. The van der Waals surface area contributed by atoms with E-state index in [1.165, 1.54) is 199 Å². The van der Waals surface area contributed by atoms with Gasteiger partial charge in [-0.2, -0.15) is 0 Å². The van der Waals surface area contributed by atoms with Crippen LogP contribution in [-0.4, -0.2) is 74.9 Å². The molecule has 0 rings (SSSR count). The van der Waals surface area contributed by atoms with Crippen molar-refractivity contribution in [1.29, 1.82) is 0 Å². The first kappa shape index (κ1) is 67.5. The lowest BCUT2D eigenvalue weighted by Gasteiger charge is -2.24. The summed E-state index contributed by atoms with van der Waals surface area (Å²) in [7, 11) is 1.48. The van der Waals surface area contributed by atoms with Crippen LogP contribution in [-0.2, 0) is 32.7 Å². The summed E-state index contributed by atoms with van der Waals surface area (Å²) < 4.78 is 34.5. The minimum Gasteiger partial charge on any atom is -0.462 e. The second-order valence-corrected chi connectivity index (χ2v) is 22.8. The molecular weight excluding hydrogens is 882 g/mol. The lowest BCUT2D eigenvalue weighted by Crippen LogP contribution is -2.37. The average molecular weight is 998 g/mol. The molecule has 0 aliphatic rings. The Morgan fingerprint density at radius 2 is 0.783 bits per heavy atom. The second-order valence-electron chi connectivity index (χ2n) is 21.4. The molecule has 0 aliphatic heterocycles. The molecule has 10 heteroatoms. The molecule has 2 atom stereocenters. The predicted molar refractivity (Wildman–Crippen MR) is 294 cm³/mol. The number of carbonyl (C=O) groups is 2. The van der Waals surface area contributed by atoms with Gasteiger partial charge in [0.25, 0.3) is 0 Å². The number of unbranched alkanes of at least 4 members (excludes halogenated alkanes) is 37. The molecule has 0 saturated heterocycles. The quantitative estimate of drug-likeness (QED) is 0.0211. The fraction of sp³-hybridized carbons (Fsp3) is 0.898. The molecule has 0 aromatic heterocycles. The minimum absolute atomic E-state index is 0.0310. The number of esters is 2. The van der Waals surface area contributed by atoms with Crippen LogP contribution in [0.15, 0.2) is 24.3 Å². The first-order chi connectivity index (χ1) is 33.5. The molecule has 0 saturated carbocycles. The van der Waals surface area contributed by atoms with E-state index in [9.17, 15) is 19.0 Å². The fourth-order valence-corrected chi connectivity index (χ4v) is 9.38. The van der Waals surface area contributed by atoms with E-state index in [0.29, 0.717) is 23.9 Å². The van der Waals surface area contributed by atoms with E-state index >= 15 is 0 Å². The van der Waals surface area contributed by atoms with Crippen molar-refractivity contribution in [3.05, 3.63) is 24.3 Å². The number of carbonyl (C=O) groups excluding carboxylic acids is 2. The smallest absolute Gasteiger partial charge is 0.462 e. The molecule has 69 heavy (non-hydrogen) atoms. The van der Waals surface area contributed by atoms with Gasteiger partial charge in [-0.15, -0.1) is 0 Å². The number of likely N-dealkylation sites (N-methyl/N-ethyl adjacent to an activating group) is 1. The van der Waals surface area contributed by atoms with Crippen LogP contribution >= 0.6 is 7.82 Å². The van der Waals surface area contributed by atoms with E-state index in [-0.39, 0.29) is 25.6 Å². The van der Waals surface area contributed by atoms with Gasteiger partial charge in [0, 0.05) is 12.8 Å². The highest BCUT2D eigenvalue weighted by atomic mass is 31.2. The summed E-state index contributed by atoms with van der Waals surface area (Å²) in [6.07, 6.45) is 61.2. The first-order valence-corrected chi connectivity index (χ1v) is 31.1. The topological polar surface area (TPSA) is 108 Å². The first-order valence-electron chi connectivity index (χ1n) is 29.6. The molecule has 0 aromatic rings. The molecule has 0 radical (unpaired) electrons. The van der Waals surface area contributed by atoms with E-state index in [4.69, 9.17) is 18.5 Å². The lowest BCUT2D eigenvalue weighted by atomic mass is 10.0. The number of quaternary nitrogens is 1. The molecule has 9 nitrogen and oxygen atoms in total. The maximum atomic E-state index is 12.8. The van der Waals surface area contributed by atoms with Gasteiger partial charge in [-0.25, -0.2) is 4.57 Å². The van der Waals surface area contributed by atoms with Crippen molar-refractivity contribution in [3.8, 4) is 0 Å². The summed E-state index contributed by atoms with van der Waals surface area (Å²) in [4.78, 5) is 35.6. The summed E-state index contributed by atoms with van der Waals surface area (Å²) in [5.74, 6) is -0.800. The van der Waals surface area contributed by atoms with Crippen molar-refractivity contribution in [2.45, 2.75) is 296 Å². The number of rotatable bonds is 55. The molecule has 0 heterocycles. The van der Waals surface area contributed by atoms with Crippen molar-refractivity contribution in [1.82, 2.24) is 0 Å². The Morgan fingerprint density at radius 1 is 0.449 bits per heavy atom. The number of allylic oxidation sites excluding steroid dienone is 4. The molecule has 0 aliphatic carbocycles. The number of hydrogen-bond acceptors (Lipinski definition) is 7. The Bertz CT molecular complexity index is 1220. The Balaban J connectivity index is 4.01. The lowest BCUT2D eigenvalue weighted by molar-refractivity contribution is -0.870. The Hall–Kier alpha value is -1.51. The Kier molecular flexibility index (Phi) is 50.3. The van der Waals surface area contributed by atoms with Crippen LogP contribution in [0.4, 0.5) is 0 Å². The molecule has 0 bridgehead atoms. The molecule has 0 spiro atoms. The van der Waals surface area contributed by atoms with E-state index in [0.717, 1.165) is 57.8 Å². The largest absolute Gasteiger partial charge is 0.472 e. The van der Waals surface area contributed by atoms with Gasteiger partial charge in [0.1, 0.15) is 19.8 Å². The highest BCUT2D eigenvalue weighted by molar-refractivity contribution is 7.47. The summed E-state index contributed by atoms with van der Waals surface area (Å²) in [6, 6.07) is 0. The van der Waals surface area contributed by atoms with Crippen molar-refractivity contribution in [2.75, 3.05) is 47.5 Å². The number of phosphoric ester groups is 1. The van der Waals surface area contributed by atoms with Crippen LogP contribution in [0.5, 0.6) is 0 Å². The molecule has 2 unspecified atom stereocenters. The van der Waals surface area contributed by atoms with Crippen LogP contribution in [0.25, 0.3) is 0 Å². The third-order valence-electron chi connectivity index (χ3n) is 13.2. The number of nitrogens with zero attached hydrogens (tertiary/aromatic N) is 1. The third-order valence-corrected chi connectivity index (χ3v) is 14.2. The molecule has 1 N–H and O–H groups in total. The summed E-state index contributed by atoms with van der Waals surface area (Å²) in [5.41, 5.74) is 0. The Labute approximate surface area is 428 Å². The molecule has 0 aromatic carbocycles. The predicted octanol–water partition coefficient (Wildman–Crippen LogP) is 18.2. The van der Waals surface area contributed by atoms with Gasteiger partial charge in [-0.3, -0.25) is 18.6 Å². The summed E-state index contributed by atoms with van der Waals surface area (Å²) in [5, 5.41) is 0.